The van der Waals surface area contributed by atoms with Gasteiger partial charge >= 0.3 is 0 Å². The third-order valence-corrected chi connectivity index (χ3v) is 5.34. The third-order valence-electron chi connectivity index (χ3n) is 3.32. The molecule has 0 heterocycles. The lowest BCUT2D eigenvalue weighted by Crippen LogP contribution is -2.12. The topological polar surface area (TPSA) is 46.2 Å². The summed E-state index contributed by atoms with van der Waals surface area (Å²) in [5, 5.41) is 3.92. The van der Waals surface area contributed by atoms with Crippen LogP contribution in [-0.2, 0) is 9.84 Å². The van der Waals surface area contributed by atoms with Gasteiger partial charge in [0.2, 0.25) is 0 Å². The number of para-hydroxylation sites is 1. The molecule has 2 aromatic carbocycles. The molecule has 3 nitrogen and oxygen atoms in total. The first-order valence-electron chi connectivity index (χ1n) is 6.78. The average molecular weight is 324 g/mol. The summed E-state index contributed by atoms with van der Waals surface area (Å²) in [5.41, 5.74) is 1.62. The van der Waals surface area contributed by atoms with Crippen molar-refractivity contribution in [2.75, 3.05) is 11.1 Å². The normalized spacial score (nSPS) is 12.9. The number of hydrogen-bond donors (Lipinski definition) is 1. The first kappa shape index (κ1) is 15.9. The Morgan fingerprint density at radius 1 is 1.14 bits per heavy atom. The first-order valence-corrected chi connectivity index (χ1v) is 8.81. The second kappa shape index (κ2) is 6.50. The minimum absolute atomic E-state index is 0.0445. The van der Waals surface area contributed by atoms with Gasteiger partial charge in [-0.05, 0) is 36.8 Å². The minimum Gasteiger partial charge on any atom is -0.377 e. The van der Waals surface area contributed by atoms with E-state index < -0.39 is 9.84 Å². The van der Waals surface area contributed by atoms with Crippen molar-refractivity contribution in [2.45, 2.75) is 24.8 Å². The van der Waals surface area contributed by atoms with Gasteiger partial charge in [-0.2, -0.15) is 0 Å². The van der Waals surface area contributed by atoms with Crippen molar-refractivity contribution < 1.29 is 8.42 Å². The van der Waals surface area contributed by atoms with E-state index in [1.165, 1.54) is 0 Å². The van der Waals surface area contributed by atoms with E-state index in [-0.39, 0.29) is 11.8 Å². The highest BCUT2D eigenvalue weighted by atomic mass is 35.5. The molecule has 0 aliphatic carbocycles. The van der Waals surface area contributed by atoms with Crippen LogP contribution >= 0.6 is 11.6 Å². The van der Waals surface area contributed by atoms with Crippen molar-refractivity contribution >= 4 is 27.1 Å². The fourth-order valence-corrected chi connectivity index (χ4v) is 3.36. The molecule has 0 amide bonds. The van der Waals surface area contributed by atoms with Crippen LogP contribution in [0.15, 0.2) is 53.4 Å². The number of anilines is 1. The van der Waals surface area contributed by atoms with Crippen molar-refractivity contribution in [2.24, 2.45) is 0 Å². The van der Waals surface area contributed by atoms with Crippen LogP contribution in [0.1, 0.15) is 25.5 Å². The van der Waals surface area contributed by atoms with E-state index >= 15 is 0 Å². The minimum atomic E-state index is -3.25. The molecule has 5 heteroatoms. The molecule has 0 radical (unpaired) electrons. The second-order valence-electron chi connectivity index (χ2n) is 4.82. The molecule has 2 rings (SSSR count). The number of sulfone groups is 1. The number of halogens is 1. The summed E-state index contributed by atoms with van der Waals surface area (Å²) >= 11 is 5.99. The quantitative estimate of drug-likeness (QED) is 0.892. The maximum Gasteiger partial charge on any atom is 0.180 e. The Hall–Kier alpha value is -1.52. The van der Waals surface area contributed by atoms with E-state index in [0.717, 1.165) is 5.56 Å². The van der Waals surface area contributed by atoms with Crippen molar-refractivity contribution in [3.05, 3.63) is 59.1 Å². The SMILES string of the molecule is CCS(=O)(=O)c1ccccc1NC(C)c1cccc(Cl)c1. The van der Waals surface area contributed by atoms with Gasteiger partial charge in [-0.25, -0.2) is 8.42 Å². The molecule has 0 aliphatic heterocycles. The highest BCUT2D eigenvalue weighted by molar-refractivity contribution is 7.91. The lowest BCUT2D eigenvalue weighted by molar-refractivity contribution is 0.597. The van der Waals surface area contributed by atoms with Crippen LogP contribution in [-0.4, -0.2) is 14.2 Å². The molecule has 112 valence electrons. The first-order chi connectivity index (χ1) is 9.94. The Bertz CT molecular complexity index is 729. The maximum absolute atomic E-state index is 12.1. The molecule has 0 saturated carbocycles. The zero-order chi connectivity index (χ0) is 15.5. The van der Waals surface area contributed by atoms with Gasteiger partial charge < -0.3 is 5.32 Å². The van der Waals surface area contributed by atoms with Gasteiger partial charge in [0.05, 0.1) is 16.3 Å². The van der Waals surface area contributed by atoms with Crippen LogP contribution in [0.3, 0.4) is 0 Å². The monoisotopic (exact) mass is 323 g/mol. The van der Waals surface area contributed by atoms with Crippen LogP contribution in [0.5, 0.6) is 0 Å². The van der Waals surface area contributed by atoms with E-state index in [0.29, 0.717) is 15.6 Å². The largest absolute Gasteiger partial charge is 0.377 e. The summed E-state index contributed by atoms with van der Waals surface area (Å²) in [6.45, 7) is 3.62. The molecule has 0 fully saturated rings. The molecule has 0 saturated heterocycles. The fourth-order valence-electron chi connectivity index (χ4n) is 2.11. The number of rotatable bonds is 5. The van der Waals surface area contributed by atoms with E-state index in [1.54, 1.807) is 25.1 Å². The molecule has 0 aromatic heterocycles. The predicted molar refractivity (Wildman–Crippen MR) is 87.7 cm³/mol. The van der Waals surface area contributed by atoms with Crippen LogP contribution in [0.25, 0.3) is 0 Å². The Morgan fingerprint density at radius 3 is 2.52 bits per heavy atom. The third kappa shape index (κ3) is 3.77. The van der Waals surface area contributed by atoms with Gasteiger partial charge in [0.15, 0.2) is 9.84 Å². The Labute approximate surface area is 130 Å². The summed E-state index contributed by atoms with van der Waals surface area (Å²) in [6.07, 6.45) is 0. The zero-order valence-electron chi connectivity index (χ0n) is 12.0. The summed E-state index contributed by atoms with van der Waals surface area (Å²) < 4.78 is 24.3. The lowest BCUT2D eigenvalue weighted by Gasteiger charge is -2.18. The highest BCUT2D eigenvalue weighted by Gasteiger charge is 2.17. The highest BCUT2D eigenvalue weighted by Crippen LogP contribution is 2.27. The number of nitrogens with one attached hydrogen (secondary N) is 1. The van der Waals surface area contributed by atoms with E-state index in [9.17, 15) is 8.42 Å². The molecule has 1 unspecified atom stereocenters. The lowest BCUT2D eigenvalue weighted by atomic mass is 10.1. The van der Waals surface area contributed by atoms with Crippen molar-refractivity contribution in [1.29, 1.82) is 0 Å². The van der Waals surface area contributed by atoms with Crippen LogP contribution in [0.2, 0.25) is 5.02 Å². The molecule has 1 N–H and O–H groups in total. The van der Waals surface area contributed by atoms with E-state index in [2.05, 4.69) is 5.32 Å². The van der Waals surface area contributed by atoms with Gasteiger partial charge in [-0.3, -0.25) is 0 Å². The van der Waals surface area contributed by atoms with Crippen LogP contribution in [0, 0.1) is 0 Å². The number of hydrogen-bond acceptors (Lipinski definition) is 3. The molecular formula is C16H18ClNO2S. The molecule has 0 aliphatic rings. The van der Waals surface area contributed by atoms with Gasteiger partial charge in [0, 0.05) is 11.1 Å². The zero-order valence-corrected chi connectivity index (χ0v) is 13.6. The number of benzene rings is 2. The summed E-state index contributed by atoms with van der Waals surface area (Å²) in [4.78, 5) is 0.335. The Kier molecular flexibility index (Phi) is 4.91. The predicted octanol–water partition coefficient (Wildman–Crippen LogP) is 4.31. The van der Waals surface area contributed by atoms with Crippen LogP contribution in [0.4, 0.5) is 5.69 Å². The average Bonchev–Trinajstić information content (AvgIpc) is 2.47. The Balaban J connectivity index is 2.32. The van der Waals surface area contributed by atoms with Gasteiger partial charge in [-0.1, -0.05) is 42.8 Å². The summed E-state index contributed by atoms with van der Waals surface area (Å²) in [7, 11) is -3.25. The van der Waals surface area contributed by atoms with Crippen LogP contribution < -0.4 is 5.32 Å². The standard InChI is InChI=1S/C16H18ClNO2S/c1-3-21(19,20)16-10-5-4-9-15(16)18-12(2)13-7-6-8-14(17)11-13/h4-12,18H,3H2,1-2H3. The molecule has 0 spiro atoms. The molecular weight excluding hydrogens is 306 g/mol. The summed E-state index contributed by atoms with van der Waals surface area (Å²) in [6, 6.07) is 14.4. The van der Waals surface area contributed by atoms with Gasteiger partial charge in [0.1, 0.15) is 0 Å². The smallest absolute Gasteiger partial charge is 0.180 e. The van der Waals surface area contributed by atoms with E-state index in [4.69, 9.17) is 11.6 Å². The van der Waals surface area contributed by atoms with E-state index in [1.807, 2.05) is 37.3 Å². The Morgan fingerprint density at radius 2 is 1.86 bits per heavy atom. The summed E-state index contributed by atoms with van der Waals surface area (Å²) in [5.74, 6) is 0.0806. The maximum atomic E-state index is 12.1. The molecule has 21 heavy (non-hydrogen) atoms. The molecule has 1 atom stereocenters. The fraction of sp³-hybridized carbons (Fsp3) is 0.250. The molecule has 2 aromatic rings. The second-order valence-corrected chi connectivity index (χ2v) is 7.50. The molecule has 0 bridgehead atoms. The van der Waals surface area contributed by atoms with Crippen molar-refractivity contribution in [3.63, 3.8) is 0 Å². The van der Waals surface area contributed by atoms with Crippen molar-refractivity contribution in [3.8, 4) is 0 Å². The van der Waals surface area contributed by atoms with Crippen molar-refractivity contribution in [1.82, 2.24) is 0 Å². The van der Waals surface area contributed by atoms with Gasteiger partial charge in [-0.15, -0.1) is 0 Å². The van der Waals surface area contributed by atoms with Gasteiger partial charge in [0.25, 0.3) is 0 Å².